The van der Waals surface area contributed by atoms with Crippen LogP contribution in [0.2, 0.25) is 0 Å². The molecule has 0 aliphatic heterocycles. The van der Waals surface area contributed by atoms with Crippen LogP contribution in [0.5, 0.6) is 0 Å². The Kier molecular flexibility index (Phi) is 6.55. The van der Waals surface area contributed by atoms with Crippen molar-refractivity contribution in [2.24, 2.45) is 0 Å². The highest BCUT2D eigenvalue weighted by Crippen LogP contribution is 2.29. The standard InChI is InChI=1S/C23H17F3N4OS/c24-17-8-6-15(7-9-17)13-27-21(31)14-32-23-29-28-22(16-4-2-1-3-5-16)30(23)20-11-10-18(25)12-19(20)26/h1-12H,13-14H2,(H,27,31). The molecule has 5 nitrogen and oxygen atoms in total. The predicted molar refractivity (Wildman–Crippen MR) is 116 cm³/mol. The van der Waals surface area contributed by atoms with E-state index in [9.17, 15) is 18.0 Å². The Hall–Kier alpha value is -3.59. The first kappa shape index (κ1) is 21.6. The maximum atomic E-state index is 14.6. The topological polar surface area (TPSA) is 59.8 Å². The van der Waals surface area contributed by atoms with Crippen molar-refractivity contribution < 1.29 is 18.0 Å². The van der Waals surface area contributed by atoms with Gasteiger partial charge in [-0.05, 0) is 29.8 Å². The summed E-state index contributed by atoms with van der Waals surface area (Å²) in [5, 5.41) is 11.3. The molecule has 0 aliphatic rings. The van der Waals surface area contributed by atoms with E-state index in [0.717, 1.165) is 29.5 Å². The van der Waals surface area contributed by atoms with Crippen LogP contribution in [0.1, 0.15) is 5.56 Å². The number of benzene rings is 3. The van der Waals surface area contributed by atoms with Gasteiger partial charge in [0.15, 0.2) is 11.0 Å². The van der Waals surface area contributed by atoms with E-state index in [4.69, 9.17) is 0 Å². The normalized spacial score (nSPS) is 10.8. The number of carbonyl (C=O) groups is 1. The zero-order valence-corrected chi connectivity index (χ0v) is 17.5. The number of carbonyl (C=O) groups excluding carboxylic acids is 1. The average Bonchev–Trinajstić information content (AvgIpc) is 3.21. The second-order valence-corrected chi connectivity index (χ2v) is 7.74. The third-order valence-corrected chi connectivity index (χ3v) is 5.48. The molecule has 0 saturated carbocycles. The fourth-order valence-corrected chi connectivity index (χ4v) is 3.78. The molecular weight excluding hydrogens is 437 g/mol. The minimum Gasteiger partial charge on any atom is -0.351 e. The van der Waals surface area contributed by atoms with E-state index in [0.29, 0.717) is 11.4 Å². The van der Waals surface area contributed by atoms with Crippen LogP contribution >= 0.6 is 11.8 Å². The second-order valence-electron chi connectivity index (χ2n) is 6.80. The van der Waals surface area contributed by atoms with Gasteiger partial charge in [-0.1, -0.05) is 54.2 Å². The summed E-state index contributed by atoms with van der Waals surface area (Å²) in [6.07, 6.45) is 0. The molecule has 0 bridgehead atoms. The molecule has 0 spiro atoms. The molecule has 32 heavy (non-hydrogen) atoms. The summed E-state index contributed by atoms with van der Waals surface area (Å²) in [7, 11) is 0. The first-order chi connectivity index (χ1) is 15.5. The number of hydrogen-bond donors (Lipinski definition) is 1. The largest absolute Gasteiger partial charge is 0.351 e. The molecule has 1 heterocycles. The van der Waals surface area contributed by atoms with E-state index < -0.39 is 11.6 Å². The zero-order chi connectivity index (χ0) is 22.5. The SMILES string of the molecule is O=C(CSc1nnc(-c2ccccc2)n1-c1ccc(F)cc1F)NCc1ccc(F)cc1. The van der Waals surface area contributed by atoms with Gasteiger partial charge in [0.05, 0.1) is 11.4 Å². The number of rotatable bonds is 7. The predicted octanol–water partition coefficient (Wildman–Crippen LogP) is 4.76. The van der Waals surface area contributed by atoms with Gasteiger partial charge in [0, 0.05) is 18.2 Å². The summed E-state index contributed by atoms with van der Waals surface area (Å²) in [4.78, 5) is 12.3. The van der Waals surface area contributed by atoms with Crippen LogP contribution in [0.3, 0.4) is 0 Å². The third kappa shape index (κ3) is 5.00. The number of amides is 1. The summed E-state index contributed by atoms with van der Waals surface area (Å²) >= 11 is 1.07. The lowest BCUT2D eigenvalue weighted by atomic mass is 10.2. The minimum absolute atomic E-state index is 0.00304. The average molecular weight is 454 g/mol. The highest BCUT2D eigenvalue weighted by molar-refractivity contribution is 7.99. The Labute approximate surface area is 186 Å². The van der Waals surface area contributed by atoms with Crippen molar-refractivity contribution in [1.82, 2.24) is 20.1 Å². The molecular formula is C23H17F3N4OS. The third-order valence-electron chi connectivity index (χ3n) is 4.55. The van der Waals surface area contributed by atoms with Gasteiger partial charge in [-0.15, -0.1) is 10.2 Å². The Morgan fingerprint density at radius 3 is 2.34 bits per heavy atom. The van der Waals surface area contributed by atoms with Crippen molar-refractivity contribution in [3.05, 3.63) is 95.8 Å². The lowest BCUT2D eigenvalue weighted by Gasteiger charge is -2.11. The quantitative estimate of drug-likeness (QED) is 0.409. The van der Waals surface area contributed by atoms with Crippen LogP contribution in [0.25, 0.3) is 17.1 Å². The van der Waals surface area contributed by atoms with E-state index in [1.165, 1.54) is 22.8 Å². The number of nitrogens with zero attached hydrogens (tertiary/aromatic N) is 3. The Morgan fingerprint density at radius 2 is 1.62 bits per heavy atom. The van der Waals surface area contributed by atoms with Crippen LogP contribution in [-0.2, 0) is 11.3 Å². The molecule has 1 aromatic heterocycles. The van der Waals surface area contributed by atoms with E-state index in [2.05, 4.69) is 15.5 Å². The fraction of sp³-hybridized carbons (Fsp3) is 0.0870. The number of thioether (sulfide) groups is 1. The second kappa shape index (κ2) is 9.69. The molecule has 1 amide bonds. The molecule has 0 unspecified atom stereocenters. The summed E-state index contributed by atoms with van der Waals surface area (Å²) in [5.41, 5.74) is 1.52. The maximum absolute atomic E-state index is 14.6. The Balaban J connectivity index is 1.55. The zero-order valence-electron chi connectivity index (χ0n) is 16.6. The summed E-state index contributed by atoms with van der Waals surface area (Å²) in [6.45, 7) is 0.244. The molecule has 9 heteroatoms. The highest BCUT2D eigenvalue weighted by atomic mass is 32.2. The molecule has 3 aromatic carbocycles. The first-order valence-corrected chi connectivity index (χ1v) is 10.6. The fourth-order valence-electron chi connectivity index (χ4n) is 3.00. The van der Waals surface area contributed by atoms with E-state index in [1.807, 2.05) is 18.2 Å². The van der Waals surface area contributed by atoms with Gasteiger partial charge in [0.25, 0.3) is 0 Å². The van der Waals surface area contributed by atoms with Crippen molar-refractivity contribution in [3.63, 3.8) is 0 Å². The highest BCUT2D eigenvalue weighted by Gasteiger charge is 2.20. The molecule has 1 N–H and O–H groups in total. The van der Waals surface area contributed by atoms with Gasteiger partial charge in [-0.3, -0.25) is 9.36 Å². The van der Waals surface area contributed by atoms with Crippen LogP contribution in [0.4, 0.5) is 13.2 Å². The van der Waals surface area contributed by atoms with Crippen LogP contribution in [-0.4, -0.2) is 26.4 Å². The van der Waals surface area contributed by atoms with Gasteiger partial charge in [0.2, 0.25) is 5.91 Å². The molecule has 0 atom stereocenters. The molecule has 4 rings (SSSR count). The lowest BCUT2D eigenvalue weighted by Crippen LogP contribution is -2.24. The monoisotopic (exact) mass is 454 g/mol. The number of halogens is 3. The van der Waals surface area contributed by atoms with Crippen LogP contribution in [0, 0.1) is 17.5 Å². The van der Waals surface area contributed by atoms with Crippen molar-refractivity contribution in [2.45, 2.75) is 11.7 Å². The van der Waals surface area contributed by atoms with Gasteiger partial charge < -0.3 is 5.32 Å². The van der Waals surface area contributed by atoms with Gasteiger partial charge in [-0.25, -0.2) is 13.2 Å². The van der Waals surface area contributed by atoms with Gasteiger partial charge >= 0.3 is 0 Å². The molecule has 0 fully saturated rings. The van der Waals surface area contributed by atoms with Crippen molar-refractivity contribution in [2.75, 3.05) is 5.75 Å². The lowest BCUT2D eigenvalue weighted by molar-refractivity contribution is -0.118. The molecule has 4 aromatic rings. The van der Waals surface area contributed by atoms with E-state index in [-0.39, 0.29) is 34.9 Å². The van der Waals surface area contributed by atoms with E-state index >= 15 is 0 Å². The molecule has 0 saturated heterocycles. The van der Waals surface area contributed by atoms with E-state index in [1.54, 1.807) is 24.3 Å². The number of nitrogens with one attached hydrogen (secondary N) is 1. The van der Waals surface area contributed by atoms with Crippen LogP contribution < -0.4 is 5.32 Å². The molecule has 0 radical (unpaired) electrons. The van der Waals surface area contributed by atoms with Gasteiger partial charge in [0.1, 0.15) is 17.5 Å². The number of hydrogen-bond acceptors (Lipinski definition) is 4. The molecule has 0 aliphatic carbocycles. The van der Waals surface area contributed by atoms with Crippen molar-refractivity contribution in [1.29, 1.82) is 0 Å². The summed E-state index contributed by atoms with van der Waals surface area (Å²) < 4.78 is 42.5. The Bertz CT molecular complexity index is 1230. The number of aromatic nitrogens is 3. The Morgan fingerprint density at radius 1 is 0.906 bits per heavy atom. The summed E-state index contributed by atoms with van der Waals surface area (Å²) in [5.74, 6) is -1.74. The first-order valence-electron chi connectivity index (χ1n) is 9.61. The van der Waals surface area contributed by atoms with Gasteiger partial charge in [-0.2, -0.15) is 0 Å². The minimum atomic E-state index is -0.774. The maximum Gasteiger partial charge on any atom is 0.230 e. The van der Waals surface area contributed by atoms with Crippen molar-refractivity contribution >= 4 is 17.7 Å². The molecule has 162 valence electrons. The van der Waals surface area contributed by atoms with Crippen molar-refractivity contribution in [3.8, 4) is 17.1 Å². The van der Waals surface area contributed by atoms with Crippen LogP contribution in [0.15, 0.2) is 78.0 Å². The smallest absolute Gasteiger partial charge is 0.230 e. The summed E-state index contributed by atoms with van der Waals surface area (Å²) in [6, 6.07) is 18.1.